The van der Waals surface area contributed by atoms with E-state index >= 15 is 0 Å². The molecule has 60 valence electrons. The molecule has 4 heteroatoms. The second-order valence-corrected chi connectivity index (χ2v) is 2.49. The highest BCUT2D eigenvalue weighted by Crippen LogP contribution is 1.97. The first kappa shape index (κ1) is 8.78. The van der Waals surface area contributed by atoms with Crippen LogP contribution in [0.1, 0.15) is 10.4 Å². The van der Waals surface area contributed by atoms with E-state index in [0.29, 0.717) is 5.56 Å². The van der Waals surface area contributed by atoms with E-state index in [4.69, 9.17) is 7.85 Å². The Labute approximate surface area is 71.4 Å². The van der Waals surface area contributed by atoms with Crippen molar-refractivity contribution in [3.8, 4) is 0 Å². The Morgan fingerprint density at radius 1 is 1.67 bits per heavy atom. The lowest BCUT2D eigenvalue weighted by Crippen LogP contribution is -2.16. The first-order valence-electron chi connectivity index (χ1n) is 3.55. The van der Waals surface area contributed by atoms with Crippen LogP contribution in [0.25, 0.3) is 0 Å². The van der Waals surface area contributed by atoms with E-state index < -0.39 is 0 Å². The summed E-state index contributed by atoms with van der Waals surface area (Å²) in [6.45, 7) is 0. The average Bonchev–Trinajstić information content (AvgIpc) is 2.08. The van der Waals surface area contributed by atoms with Crippen molar-refractivity contribution < 1.29 is 4.79 Å². The van der Waals surface area contributed by atoms with Crippen LogP contribution in [0.4, 0.5) is 0 Å². The number of carbonyl (C=O) groups excluding carboxylic acids is 1. The normalized spacial score (nSPS) is 9.75. The van der Waals surface area contributed by atoms with Crippen LogP contribution in [0.2, 0.25) is 6.32 Å². The predicted octanol–water partition coefficient (Wildman–Crippen LogP) is 0.155. The molecule has 0 saturated heterocycles. The Hall–Kier alpha value is -1.32. The lowest BCUT2D eigenvalue weighted by molar-refractivity contribution is 0.101. The topological polar surface area (TPSA) is 39.1 Å². The predicted molar refractivity (Wildman–Crippen MR) is 46.6 cm³/mol. The summed E-state index contributed by atoms with van der Waals surface area (Å²) < 4.78 is 1.40. The Kier molecular flexibility index (Phi) is 2.48. The van der Waals surface area contributed by atoms with Gasteiger partial charge in [0.2, 0.25) is 0 Å². The van der Waals surface area contributed by atoms with Gasteiger partial charge in [-0.25, -0.2) is 0 Å². The lowest BCUT2D eigenvalue weighted by Gasteiger charge is -1.98. The summed E-state index contributed by atoms with van der Waals surface area (Å²) >= 11 is 0. The molecule has 3 nitrogen and oxygen atoms in total. The van der Waals surface area contributed by atoms with Gasteiger partial charge in [-0.1, -0.05) is 0 Å². The van der Waals surface area contributed by atoms with Crippen molar-refractivity contribution in [2.45, 2.75) is 6.32 Å². The maximum Gasteiger partial charge on any atom is 0.250 e. The molecule has 0 saturated carbocycles. The van der Waals surface area contributed by atoms with E-state index in [-0.39, 0.29) is 17.7 Å². The zero-order chi connectivity index (χ0) is 9.14. The lowest BCUT2D eigenvalue weighted by atomic mass is 9.96. The minimum atomic E-state index is -0.215. The highest BCUT2D eigenvalue weighted by atomic mass is 16.1. The largest absolute Gasteiger partial charge is 0.319 e. The zero-order valence-electron chi connectivity index (χ0n) is 6.78. The van der Waals surface area contributed by atoms with Crippen LogP contribution in [0, 0.1) is 0 Å². The van der Waals surface area contributed by atoms with E-state index in [1.165, 1.54) is 10.6 Å². The van der Waals surface area contributed by atoms with E-state index in [1.807, 2.05) is 0 Å². The molecule has 0 aromatic carbocycles. The summed E-state index contributed by atoms with van der Waals surface area (Å²) in [5.41, 5.74) is 0.176. The fraction of sp³-hybridized carbons (Fsp3) is 0.250. The van der Waals surface area contributed by atoms with Crippen LogP contribution in [0.15, 0.2) is 23.1 Å². The number of aryl methyl sites for hydroxylation is 1. The molecule has 0 atom stereocenters. The van der Waals surface area contributed by atoms with Crippen molar-refractivity contribution in [2.75, 3.05) is 0 Å². The molecule has 0 amide bonds. The monoisotopic (exact) mass is 161 g/mol. The van der Waals surface area contributed by atoms with Crippen molar-refractivity contribution >= 4 is 13.6 Å². The number of nitrogens with zero attached hydrogens (tertiary/aromatic N) is 1. The van der Waals surface area contributed by atoms with Gasteiger partial charge < -0.3 is 4.57 Å². The Morgan fingerprint density at radius 3 is 2.83 bits per heavy atom. The first-order chi connectivity index (χ1) is 5.65. The molecule has 1 aromatic rings. The van der Waals surface area contributed by atoms with Crippen molar-refractivity contribution in [3.05, 3.63) is 34.2 Å². The smallest absolute Gasteiger partial charge is 0.250 e. The van der Waals surface area contributed by atoms with E-state index in [0.717, 1.165) is 0 Å². The molecule has 12 heavy (non-hydrogen) atoms. The van der Waals surface area contributed by atoms with Gasteiger partial charge in [0.25, 0.3) is 5.56 Å². The molecular formula is C8H8BNO2. The van der Waals surface area contributed by atoms with Gasteiger partial charge in [-0.05, 0) is 12.4 Å². The second-order valence-electron chi connectivity index (χ2n) is 2.49. The molecule has 0 spiro atoms. The molecule has 0 aliphatic rings. The maximum absolute atomic E-state index is 11.0. The molecule has 1 aromatic heterocycles. The third-order valence-electron chi connectivity index (χ3n) is 1.61. The quantitative estimate of drug-likeness (QED) is 0.457. The van der Waals surface area contributed by atoms with Crippen LogP contribution < -0.4 is 5.56 Å². The molecular weight excluding hydrogens is 153 g/mol. The Morgan fingerprint density at radius 2 is 2.33 bits per heavy atom. The summed E-state index contributed by atoms with van der Waals surface area (Å²) in [7, 11) is 6.76. The fourth-order valence-electron chi connectivity index (χ4n) is 0.840. The summed E-state index contributed by atoms with van der Waals surface area (Å²) in [4.78, 5) is 22.0. The van der Waals surface area contributed by atoms with Gasteiger partial charge in [0.1, 0.15) is 0 Å². The van der Waals surface area contributed by atoms with Crippen molar-refractivity contribution in [3.63, 3.8) is 0 Å². The average molecular weight is 161 g/mol. The SMILES string of the molecule is [B]CC(=O)c1ccn(C)c(=O)c1. The van der Waals surface area contributed by atoms with Crippen molar-refractivity contribution in [1.82, 2.24) is 4.57 Å². The van der Waals surface area contributed by atoms with Crippen molar-refractivity contribution in [1.29, 1.82) is 0 Å². The zero-order valence-corrected chi connectivity index (χ0v) is 6.78. The number of carbonyl (C=O) groups is 1. The van der Waals surface area contributed by atoms with Gasteiger partial charge in [0.15, 0.2) is 5.78 Å². The highest BCUT2D eigenvalue weighted by molar-refractivity contribution is 6.23. The number of hydrogen-bond donors (Lipinski definition) is 0. The number of pyridine rings is 1. The maximum atomic E-state index is 11.0. The summed E-state index contributed by atoms with van der Waals surface area (Å²) in [5, 5.41) is 0. The number of rotatable bonds is 2. The van der Waals surface area contributed by atoms with E-state index in [9.17, 15) is 9.59 Å². The van der Waals surface area contributed by atoms with E-state index in [2.05, 4.69) is 0 Å². The molecule has 1 heterocycles. The number of Topliss-reactive ketones (excluding diaryl/α,β-unsaturated/α-hetero) is 1. The molecule has 2 radical (unpaired) electrons. The molecule has 0 aliphatic carbocycles. The first-order valence-corrected chi connectivity index (χ1v) is 3.55. The van der Waals surface area contributed by atoms with Gasteiger partial charge >= 0.3 is 0 Å². The highest BCUT2D eigenvalue weighted by Gasteiger charge is 2.02. The van der Waals surface area contributed by atoms with Crippen LogP contribution in [-0.4, -0.2) is 18.2 Å². The minimum Gasteiger partial charge on any atom is -0.319 e. The Balaban J connectivity index is 3.13. The molecule has 0 bridgehead atoms. The van der Waals surface area contributed by atoms with E-state index in [1.54, 1.807) is 19.3 Å². The van der Waals surface area contributed by atoms with Crippen LogP contribution in [0.3, 0.4) is 0 Å². The molecule has 0 fully saturated rings. The van der Waals surface area contributed by atoms with Gasteiger partial charge in [-0.3, -0.25) is 9.59 Å². The van der Waals surface area contributed by atoms with Gasteiger partial charge in [-0.15, -0.1) is 0 Å². The van der Waals surface area contributed by atoms with Crippen LogP contribution >= 0.6 is 0 Å². The summed E-state index contributed by atoms with van der Waals surface area (Å²) in [5.74, 6) is -0.215. The summed E-state index contributed by atoms with van der Waals surface area (Å²) in [6, 6.07) is 2.87. The molecule has 0 aliphatic heterocycles. The summed E-state index contributed by atoms with van der Waals surface area (Å²) in [6.07, 6.45) is 1.48. The van der Waals surface area contributed by atoms with Crippen LogP contribution in [-0.2, 0) is 7.05 Å². The van der Waals surface area contributed by atoms with Crippen molar-refractivity contribution in [2.24, 2.45) is 7.05 Å². The molecule has 1 rings (SSSR count). The third kappa shape index (κ3) is 1.64. The molecule has 0 unspecified atom stereocenters. The Bertz CT molecular complexity index is 356. The van der Waals surface area contributed by atoms with Gasteiger partial charge in [-0.2, -0.15) is 0 Å². The van der Waals surface area contributed by atoms with Gasteiger partial charge in [0.05, 0.1) is 7.85 Å². The third-order valence-corrected chi connectivity index (χ3v) is 1.61. The van der Waals surface area contributed by atoms with Gasteiger partial charge in [0, 0.05) is 24.9 Å². The number of ketones is 1. The minimum absolute atomic E-state index is 0.0623. The number of hydrogen-bond acceptors (Lipinski definition) is 2. The molecule has 0 N–H and O–H groups in total. The standard InChI is InChI=1S/C8H8BNO2/c1-10-3-2-6(4-8(10)12)7(11)5-9/h2-4H,5H2,1H3. The fourth-order valence-corrected chi connectivity index (χ4v) is 0.840. The second kappa shape index (κ2) is 3.39. The number of aromatic nitrogens is 1. The van der Waals surface area contributed by atoms with Crippen LogP contribution in [0.5, 0.6) is 0 Å².